The summed E-state index contributed by atoms with van der Waals surface area (Å²) in [6.45, 7) is 10.8. The van der Waals surface area contributed by atoms with Gasteiger partial charge in [0, 0.05) is 26.6 Å². The first-order valence-corrected chi connectivity index (χ1v) is 19.9. The number of rotatable bonds is 11. The van der Waals surface area contributed by atoms with Crippen LogP contribution in [0, 0.1) is 46.3 Å². The molecule has 0 radical (unpaired) electrons. The summed E-state index contributed by atoms with van der Waals surface area (Å²) in [5.41, 5.74) is -1.77. The molecule has 0 amide bonds. The molecule has 6 aliphatic rings. The third-order valence-corrected chi connectivity index (χ3v) is 15.1. The Kier molecular flexibility index (Phi) is 12.5. The van der Waals surface area contributed by atoms with Gasteiger partial charge in [0.05, 0.1) is 43.2 Å². The smallest absolute Gasteiger partial charge is 0.186 e. The monoisotopic (exact) mass is 744 g/mol. The van der Waals surface area contributed by atoms with Gasteiger partial charge < -0.3 is 64.2 Å². The van der Waals surface area contributed by atoms with Crippen LogP contribution < -0.4 is 0 Å². The largest absolute Gasteiger partial charge is 0.393 e. The van der Waals surface area contributed by atoms with Gasteiger partial charge in [-0.3, -0.25) is 0 Å². The Labute approximate surface area is 309 Å². The minimum Gasteiger partial charge on any atom is -0.393 e. The molecule has 0 aromatic carbocycles. The number of methoxy groups -OCH3 is 2. The van der Waals surface area contributed by atoms with Crippen molar-refractivity contribution in [1.29, 1.82) is 0 Å². The van der Waals surface area contributed by atoms with Crippen molar-refractivity contribution in [3.8, 4) is 0 Å². The average Bonchev–Trinajstić information content (AvgIpc) is 3.37. The van der Waals surface area contributed by atoms with Crippen LogP contribution in [0.5, 0.6) is 0 Å². The Hall–Kier alpha value is -0.520. The second kappa shape index (κ2) is 15.8. The minimum absolute atomic E-state index is 0.00343. The Morgan fingerprint density at radius 1 is 0.750 bits per heavy atom. The summed E-state index contributed by atoms with van der Waals surface area (Å²) in [5, 5.41) is 78.4. The Morgan fingerprint density at radius 3 is 2.12 bits per heavy atom. The third kappa shape index (κ3) is 7.16. The zero-order valence-electron chi connectivity index (χ0n) is 32.3. The van der Waals surface area contributed by atoms with E-state index in [0.29, 0.717) is 25.7 Å². The number of hydrogen-bond donors (Lipinski definition) is 7. The first-order valence-electron chi connectivity index (χ1n) is 19.9. The lowest BCUT2D eigenvalue weighted by atomic mass is 9.42. The fourth-order valence-corrected chi connectivity index (χ4v) is 12.3. The molecule has 2 saturated heterocycles. The van der Waals surface area contributed by atoms with E-state index >= 15 is 0 Å². The van der Waals surface area contributed by atoms with Gasteiger partial charge in [-0.25, -0.2) is 0 Å². The highest BCUT2D eigenvalue weighted by Gasteiger charge is 2.70. The highest BCUT2D eigenvalue weighted by Crippen LogP contribution is 2.69. The van der Waals surface area contributed by atoms with Gasteiger partial charge in [-0.15, -0.1) is 0 Å². The number of ether oxygens (including phenoxy) is 6. The van der Waals surface area contributed by atoms with Gasteiger partial charge in [0.1, 0.15) is 36.6 Å². The molecule has 20 atom stereocenters. The highest BCUT2D eigenvalue weighted by molar-refractivity contribution is 5.20. The van der Waals surface area contributed by atoms with Gasteiger partial charge in [-0.1, -0.05) is 34.6 Å². The number of hydrogen-bond acceptors (Lipinski definition) is 13. The maximum Gasteiger partial charge on any atom is 0.186 e. The van der Waals surface area contributed by atoms with E-state index in [1.165, 1.54) is 14.2 Å². The minimum atomic E-state index is -1.41. The van der Waals surface area contributed by atoms with Crippen LogP contribution in [-0.4, -0.2) is 142 Å². The van der Waals surface area contributed by atoms with E-state index in [-0.39, 0.29) is 72.1 Å². The van der Waals surface area contributed by atoms with Gasteiger partial charge in [-0.05, 0) is 91.8 Å². The number of aliphatic hydroxyl groups excluding tert-OH is 6. The summed E-state index contributed by atoms with van der Waals surface area (Å²) >= 11 is 0. The Bertz CT molecular complexity index is 1190. The molecule has 4 saturated carbocycles. The molecular formula is C39H68O13. The van der Waals surface area contributed by atoms with Crippen molar-refractivity contribution in [2.45, 2.75) is 172 Å². The molecule has 7 N–H and O–H groups in total. The van der Waals surface area contributed by atoms with E-state index in [9.17, 15) is 35.7 Å². The predicted octanol–water partition coefficient (Wildman–Crippen LogP) is 1.73. The molecule has 6 rings (SSSR count). The van der Waals surface area contributed by atoms with Crippen molar-refractivity contribution in [2.24, 2.45) is 46.3 Å². The standard InChI is InChI=1S/C39H68O13/c1-19(2)27(51-36-33(32(48-7)26(43)17-49-36)52-35-31(45)30(44)28(47-6)18-50-35)9-8-20(3)22-15-24(41)34-38(22,5)13-11-29-37(4)12-10-21(40)14-23(37)25(42)16-39(29,34)46/h19-36,40-46H,8-18H2,1-7H3. The molecule has 0 spiro atoms. The van der Waals surface area contributed by atoms with E-state index in [0.717, 1.165) is 25.7 Å². The van der Waals surface area contributed by atoms with E-state index in [4.69, 9.17) is 28.4 Å². The normalized spacial score (nSPS) is 52.1. The molecule has 2 aliphatic heterocycles. The van der Waals surface area contributed by atoms with Crippen LogP contribution in [0.3, 0.4) is 0 Å². The number of fused-ring (bicyclic) bond motifs is 5. The van der Waals surface area contributed by atoms with Gasteiger partial charge >= 0.3 is 0 Å². The molecule has 13 heteroatoms. The van der Waals surface area contributed by atoms with Crippen LogP contribution >= 0.6 is 0 Å². The van der Waals surface area contributed by atoms with Crippen LogP contribution in [0.2, 0.25) is 0 Å². The molecule has 0 aromatic heterocycles. The van der Waals surface area contributed by atoms with Crippen LogP contribution in [0.25, 0.3) is 0 Å². The quantitative estimate of drug-likeness (QED) is 0.162. The third-order valence-electron chi connectivity index (χ3n) is 15.1. The number of aliphatic hydroxyl groups is 7. The second-order valence-electron chi connectivity index (χ2n) is 18.3. The summed E-state index contributed by atoms with van der Waals surface area (Å²) in [7, 11) is 2.89. The molecule has 0 aromatic rings. The molecule has 4 aliphatic carbocycles. The molecule has 302 valence electrons. The highest BCUT2D eigenvalue weighted by atomic mass is 16.8. The Morgan fingerprint density at radius 2 is 1.44 bits per heavy atom. The van der Waals surface area contributed by atoms with Crippen LogP contribution in [-0.2, 0) is 28.4 Å². The lowest BCUT2D eigenvalue weighted by molar-refractivity contribution is -0.352. The van der Waals surface area contributed by atoms with Crippen LogP contribution in [0.15, 0.2) is 0 Å². The van der Waals surface area contributed by atoms with Gasteiger partial charge in [0.25, 0.3) is 0 Å². The summed E-state index contributed by atoms with van der Waals surface area (Å²) in [4.78, 5) is 0. The van der Waals surface area contributed by atoms with Crippen molar-refractivity contribution in [2.75, 3.05) is 27.4 Å². The molecule has 52 heavy (non-hydrogen) atoms. The zero-order valence-corrected chi connectivity index (χ0v) is 32.3. The van der Waals surface area contributed by atoms with E-state index < -0.39 is 73.1 Å². The van der Waals surface area contributed by atoms with Crippen molar-refractivity contribution in [1.82, 2.24) is 0 Å². The molecule has 6 fully saturated rings. The average molecular weight is 745 g/mol. The fraction of sp³-hybridized carbons (Fsp3) is 1.00. The summed E-state index contributed by atoms with van der Waals surface area (Å²) in [6.07, 6.45) is -4.39. The van der Waals surface area contributed by atoms with E-state index in [1.54, 1.807) is 0 Å². The fourth-order valence-electron chi connectivity index (χ4n) is 12.3. The topological polar surface area (TPSA) is 197 Å². The lowest BCUT2D eigenvalue weighted by Gasteiger charge is -2.66. The molecule has 0 bridgehead atoms. The van der Waals surface area contributed by atoms with Gasteiger partial charge in [0.15, 0.2) is 12.6 Å². The van der Waals surface area contributed by atoms with Crippen molar-refractivity contribution in [3.05, 3.63) is 0 Å². The summed E-state index contributed by atoms with van der Waals surface area (Å²) < 4.78 is 35.3. The van der Waals surface area contributed by atoms with Crippen LogP contribution in [0.1, 0.15) is 92.4 Å². The van der Waals surface area contributed by atoms with Crippen molar-refractivity contribution < 1.29 is 64.2 Å². The van der Waals surface area contributed by atoms with Gasteiger partial charge in [0.2, 0.25) is 0 Å². The maximum atomic E-state index is 12.7. The van der Waals surface area contributed by atoms with Crippen LogP contribution in [0.4, 0.5) is 0 Å². The molecule has 2 heterocycles. The van der Waals surface area contributed by atoms with Crippen molar-refractivity contribution >= 4 is 0 Å². The predicted molar refractivity (Wildman–Crippen MR) is 188 cm³/mol. The summed E-state index contributed by atoms with van der Waals surface area (Å²) in [5.74, 6) is 0.0105. The zero-order chi connectivity index (χ0) is 37.9. The van der Waals surface area contributed by atoms with Crippen molar-refractivity contribution in [3.63, 3.8) is 0 Å². The Balaban J connectivity index is 1.14. The molecule has 13 nitrogen and oxygen atoms in total. The first kappa shape index (κ1) is 41.1. The molecule has 20 unspecified atom stereocenters. The SMILES string of the molecule is COC1COC(OC2C(OC(CCC(C)C3CC(O)C4C3(C)CCC3C5(C)CCC(O)CC5C(O)CC34O)C(C)C)OCC(O)C2OC)C(O)C1O. The van der Waals surface area contributed by atoms with E-state index in [2.05, 4.69) is 34.6 Å². The first-order chi connectivity index (χ1) is 24.5. The maximum absolute atomic E-state index is 12.7. The second-order valence-corrected chi connectivity index (χ2v) is 18.3. The van der Waals surface area contributed by atoms with Gasteiger partial charge in [-0.2, -0.15) is 0 Å². The lowest BCUT2D eigenvalue weighted by Crippen LogP contribution is -2.68. The molecular weight excluding hydrogens is 676 g/mol. The summed E-state index contributed by atoms with van der Waals surface area (Å²) in [6, 6.07) is 0. The van der Waals surface area contributed by atoms with E-state index in [1.807, 2.05) is 0 Å².